The molecule has 1 aromatic carbocycles. The Morgan fingerprint density at radius 1 is 1.19 bits per heavy atom. The van der Waals surface area contributed by atoms with E-state index in [9.17, 15) is 9.59 Å². The zero-order valence-corrected chi connectivity index (χ0v) is 11.8. The van der Waals surface area contributed by atoms with Crippen molar-refractivity contribution in [1.29, 1.82) is 0 Å². The number of carboxylic acid groups (broad SMARTS) is 1. The van der Waals surface area contributed by atoms with Gasteiger partial charge in [-0.15, -0.1) is 0 Å². The van der Waals surface area contributed by atoms with Crippen molar-refractivity contribution in [1.82, 2.24) is 10.6 Å². The summed E-state index contributed by atoms with van der Waals surface area (Å²) in [5.41, 5.74) is 0.238. The van der Waals surface area contributed by atoms with E-state index in [1.807, 2.05) is 0 Å². The summed E-state index contributed by atoms with van der Waals surface area (Å²) in [5.74, 6) is -0.226. The van der Waals surface area contributed by atoms with Crippen LogP contribution < -0.4 is 15.4 Å². The third-order valence-electron chi connectivity index (χ3n) is 3.12. The first kappa shape index (κ1) is 15.3. The number of amides is 1. The highest BCUT2D eigenvalue weighted by molar-refractivity contribution is 5.87. The molecule has 1 saturated carbocycles. The van der Waals surface area contributed by atoms with Gasteiger partial charge in [-0.05, 0) is 37.1 Å². The molecule has 0 aliphatic heterocycles. The highest BCUT2D eigenvalue weighted by Crippen LogP contribution is 2.18. The van der Waals surface area contributed by atoms with Crippen LogP contribution in [0.25, 0.3) is 0 Å². The van der Waals surface area contributed by atoms with Gasteiger partial charge in [0.05, 0.1) is 5.56 Å². The van der Waals surface area contributed by atoms with Crippen LogP contribution in [0.1, 0.15) is 29.6 Å². The van der Waals surface area contributed by atoms with Gasteiger partial charge in [-0.25, -0.2) is 4.79 Å². The second-order valence-corrected chi connectivity index (χ2v) is 5.02. The normalized spacial score (nSPS) is 13.7. The Hall–Kier alpha value is -2.08. The van der Waals surface area contributed by atoms with E-state index in [0.29, 0.717) is 37.9 Å². The Morgan fingerprint density at radius 3 is 2.52 bits per heavy atom. The molecular formula is C15H20N2O4. The highest BCUT2D eigenvalue weighted by atomic mass is 16.5. The van der Waals surface area contributed by atoms with Crippen molar-refractivity contribution in [2.75, 3.05) is 19.7 Å². The average Bonchev–Trinajstić information content (AvgIpc) is 3.27. The van der Waals surface area contributed by atoms with Crippen LogP contribution in [0.4, 0.5) is 0 Å². The van der Waals surface area contributed by atoms with Crippen LogP contribution in [0.15, 0.2) is 24.3 Å². The molecule has 6 heteroatoms. The lowest BCUT2D eigenvalue weighted by atomic mass is 10.2. The molecule has 1 fully saturated rings. The lowest BCUT2D eigenvalue weighted by Gasteiger charge is -2.08. The van der Waals surface area contributed by atoms with Crippen LogP contribution in [0.5, 0.6) is 5.75 Å². The van der Waals surface area contributed by atoms with E-state index in [0.717, 1.165) is 12.8 Å². The molecule has 0 spiro atoms. The smallest absolute Gasteiger partial charge is 0.335 e. The number of nitrogens with one attached hydrogen (secondary N) is 2. The fourth-order valence-electron chi connectivity index (χ4n) is 1.79. The first-order chi connectivity index (χ1) is 10.1. The number of benzene rings is 1. The van der Waals surface area contributed by atoms with Crippen molar-refractivity contribution in [2.45, 2.75) is 25.3 Å². The molecule has 0 radical (unpaired) electrons. The minimum Gasteiger partial charge on any atom is -0.492 e. The van der Waals surface area contributed by atoms with E-state index in [1.165, 1.54) is 12.1 Å². The summed E-state index contributed by atoms with van der Waals surface area (Å²) in [5, 5.41) is 14.8. The number of carbonyl (C=O) groups excluding carboxylic acids is 1. The van der Waals surface area contributed by atoms with E-state index >= 15 is 0 Å². The van der Waals surface area contributed by atoms with Crippen LogP contribution in [0, 0.1) is 0 Å². The van der Waals surface area contributed by atoms with E-state index in [1.54, 1.807) is 12.1 Å². The summed E-state index contributed by atoms with van der Waals surface area (Å²) < 4.78 is 5.47. The molecule has 0 aromatic heterocycles. The summed E-state index contributed by atoms with van der Waals surface area (Å²) in [6, 6.07) is 6.69. The number of rotatable bonds is 9. The van der Waals surface area contributed by atoms with E-state index in [2.05, 4.69) is 10.6 Å². The van der Waals surface area contributed by atoms with Gasteiger partial charge in [-0.1, -0.05) is 0 Å². The molecule has 3 N–H and O–H groups in total. The molecule has 6 nitrogen and oxygen atoms in total. The zero-order chi connectivity index (χ0) is 15.1. The maximum absolute atomic E-state index is 11.4. The van der Waals surface area contributed by atoms with Crippen molar-refractivity contribution in [3.63, 3.8) is 0 Å². The molecule has 0 unspecified atom stereocenters. The summed E-state index contributed by atoms with van der Waals surface area (Å²) in [7, 11) is 0. The molecular weight excluding hydrogens is 272 g/mol. The Kier molecular flexibility index (Phi) is 5.57. The summed E-state index contributed by atoms with van der Waals surface area (Å²) in [6.45, 7) is 1.73. The van der Waals surface area contributed by atoms with Gasteiger partial charge in [0.2, 0.25) is 5.91 Å². The van der Waals surface area contributed by atoms with Gasteiger partial charge in [-0.3, -0.25) is 4.79 Å². The fourth-order valence-corrected chi connectivity index (χ4v) is 1.79. The number of ether oxygens (including phenoxy) is 1. The number of hydrogen-bond acceptors (Lipinski definition) is 4. The number of carboxylic acids is 1. The van der Waals surface area contributed by atoms with Gasteiger partial charge < -0.3 is 20.5 Å². The van der Waals surface area contributed by atoms with Crippen molar-refractivity contribution in [2.24, 2.45) is 0 Å². The van der Waals surface area contributed by atoms with Crippen LogP contribution in [0.3, 0.4) is 0 Å². The molecule has 1 aliphatic rings. The lowest BCUT2D eigenvalue weighted by molar-refractivity contribution is -0.121. The van der Waals surface area contributed by atoms with Crippen molar-refractivity contribution in [3.8, 4) is 5.75 Å². The summed E-state index contributed by atoms with van der Waals surface area (Å²) in [4.78, 5) is 22.1. The second kappa shape index (κ2) is 7.64. The molecule has 114 valence electrons. The van der Waals surface area contributed by atoms with Gasteiger partial charge in [0, 0.05) is 25.6 Å². The molecule has 1 aromatic rings. The third-order valence-corrected chi connectivity index (χ3v) is 3.12. The molecule has 0 atom stereocenters. The predicted octanol–water partition coefficient (Wildman–Crippen LogP) is 1.02. The maximum atomic E-state index is 11.4. The molecule has 2 rings (SSSR count). The SMILES string of the molecule is O=C(CCNCCOc1ccc(C(=O)O)cc1)NC1CC1. The first-order valence-electron chi connectivity index (χ1n) is 7.11. The maximum Gasteiger partial charge on any atom is 0.335 e. The molecule has 1 amide bonds. The molecule has 21 heavy (non-hydrogen) atoms. The zero-order valence-electron chi connectivity index (χ0n) is 11.8. The van der Waals surface area contributed by atoms with Crippen LogP contribution in [-0.2, 0) is 4.79 Å². The van der Waals surface area contributed by atoms with E-state index in [-0.39, 0.29) is 11.5 Å². The minimum atomic E-state index is -0.951. The molecule has 1 aliphatic carbocycles. The molecule has 0 saturated heterocycles. The minimum absolute atomic E-state index is 0.0928. The van der Waals surface area contributed by atoms with Gasteiger partial charge in [0.25, 0.3) is 0 Å². The van der Waals surface area contributed by atoms with Crippen LogP contribution >= 0.6 is 0 Å². The topological polar surface area (TPSA) is 87.7 Å². The van der Waals surface area contributed by atoms with E-state index < -0.39 is 5.97 Å². The number of carbonyl (C=O) groups is 2. The Labute approximate surface area is 123 Å². The van der Waals surface area contributed by atoms with Crippen LogP contribution in [-0.4, -0.2) is 42.7 Å². The monoisotopic (exact) mass is 292 g/mol. The van der Waals surface area contributed by atoms with Gasteiger partial charge in [0.15, 0.2) is 0 Å². The predicted molar refractivity (Wildman–Crippen MR) is 77.5 cm³/mol. The van der Waals surface area contributed by atoms with Crippen molar-refractivity contribution < 1.29 is 19.4 Å². The number of hydrogen-bond donors (Lipinski definition) is 3. The van der Waals surface area contributed by atoms with E-state index in [4.69, 9.17) is 9.84 Å². The van der Waals surface area contributed by atoms with Crippen molar-refractivity contribution in [3.05, 3.63) is 29.8 Å². The Balaban J connectivity index is 1.52. The lowest BCUT2D eigenvalue weighted by Crippen LogP contribution is -2.30. The van der Waals surface area contributed by atoms with Gasteiger partial charge in [-0.2, -0.15) is 0 Å². The van der Waals surface area contributed by atoms with Crippen LogP contribution in [0.2, 0.25) is 0 Å². The Bertz CT molecular complexity index is 483. The standard InChI is InChI=1S/C15H20N2O4/c18-14(17-12-3-4-12)7-8-16-9-10-21-13-5-1-11(2-6-13)15(19)20/h1-2,5-6,12,16H,3-4,7-10H2,(H,17,18)(H,19,20). The molecule has 0 bridgehead atoms. The van der Waals surface area contributed by atoms with Gasteiger partial charge in [0.1, 0.15) is 12.4 Å². The average molecular weight is 292 g/mol. The third kappa shape index (κ3) is 5.83. The van der Waals surface area contributed by atoms with Gasteiger partial charge >= 0.3 is 5.97 Å². The first-order valence-corrected chi connectivity index (χ1v) is 7.11. The van der Waals surface area contributed by atoms with Crippen molar-refractivity contribution >= 4 is 11.9 Å². The fraction of sp³-hybridized carbons (Fsp3) is 0.467. The second-order valence-electron chi connectivity index (χ2n) is 5.02. The highest BCUT2D eigenvalue weighted by Gasteiger charge is 2.22. The summed E-state index contributed by atoms with van der Waals surface area (Å²) in [6.07, 6.45) is 2.69. The largest absolute Gasteiger partial charge is 0.492 e. The summed E-state index contributed by atoms with van der Waals surface area (Å²) >= 11 is 0. The Morgan fingerprint density at radius 2 is 1.90 bits per heavy atom. The molecule has 0 heterocycles. The quantitative estimate of drug-likeness (QED) is 0.592. The number of aromatic carboxylic acids is 1.